The second-order valence-electron chi connectivity index (χ2n) is 8.36. The molecule has 3 N–H and O–H groups in total. The van der Waals surface area contributed by atoms with Gasteiger partial charge in [-0.2, -0.15) is 4.98 Å². The SMILES string of the molecule is COc1nc(C)c(-c2ccn3nc(N)nc3c2)cc1C(=O)NCc1ccccc1OCC(C)C. The van der Waals surface area contributed by atoms with E-state index in [-0.39, 0.29) is 17.7 Å². The van der Waals surface area contributed by atoms with E-state index < -0.39 is 0 Å². The number of nitrogens with two attached hydrogens (primary N) is 1. The highest BCUT2D eigenvalue weighted by Crippen LogP contribution is 2.29. The number of para-hydroxylation sites is 1. The van der Waals surface area contributed by atoms with Crippen LogP contribution in [-0.4, -0.2) is 39.2 Å². The Hall–Kier alpha value is -4.14. The minimum absolute atomic E-state index is 0.194. The van der Waals surface area contributed by atoms with Gasteiger partial charge in [0, 0.05) is 29.6 Å². The summed E-state index contributed by atoms with van der Waals surface area (Å²) in [6.07, 6.45) is 1.77. The number of fused-ring (bicyclic) bond motifs is 1. The molecule has 176 valence electrons. The number of hydrogen-bond donors (Lipinski definition) is 2. The lowest BCUT2D eigenvalue weighted by Crippen LogP contribution is -2.24. The molecule has 0 spiro atoms. The number of aryl methyl sites for hydroxylation is 1. The number of nitrogens with one attached hydrogen (secondary N) is 1. The minimum atomic E-state index is -0.294. The van der Waals surface area contributed by atoms with Crippen molar-refractivity contribution in [1.82, 2.24) is 24.9 Å². The van der Waals surface area contributed by atoms with E-state index in [1.807, 2.05) is 43.3 Å². The van der Waals surface area contributed by atoms with Gasteiger partial charge in [0.25, 0.3) is 5.91 Å². The Balaban J connectivity index is 1.60. The monoisotopic (exact) mass is 460 g/mol. The first kappa shape index (κ1) is 23.0. The van der Waals surface area contributed by atoms with Crippen molar-refractivity contribution in [3.8, 4) is 22.8 Å². The van der Waals surface area contributed by atoms with Gasteiger partial charge in [-0.05, 0) is 42.7 Å². The molecule has 0 radical (unpaired) electrons. The lowest BCUT2D eigenvalue weighted by Gasteiger charge is -2.15. The average Bonchev–Trinajstić information content (AvgIpc) is 3.20. The van der Waals surface area contributed by atoms with E-state index in [1.54, 1.807) is 16.8 Å². The van der Waals surface area contributed by atoms with Crippen LogP contribution < -0.4 is 20.5 Å². The molecule has 0 saturated carbocycles. The maximum atomic E-state index is 13.2. The van der Waals surface area contributed by atoms with Gasteiger partial charge in [-0.25, -0.2) is 9.50 Å². The highest BCUT2D eigenvalue weighted by Gasteiger charge is 2.18. The largest absolute Gasteiger partial charge is 0.493 e. The van der Waals surface area contributed by atoms with Crippen LogP contribution >= 0.6 is 0 Å². The number of amides is 1. The van der Waals surface area contributed by atoms with Crippen LogP contribution in [0.1, 0.15) is 35.5 Å². The van der Waals surface area contributed by atoms with Crippen LogP contribution in [0, 0.1) is 12.8 Å². The van der Waals surface area contributed by atoms with Gasteiger partial charge in [0.05, 0.1) is 13.7 Å². The van der Waals surface area contributed by atoms with E-state index in [4.69, 9.17) is 15.2 Å². The number of anilines is 1. The molecule has 3 aromatic heterocycles. The van der Waals surface area contributed by atoms with E-state index >= 15 is 0 Å². The zero-order chi connectivity index (χ0) is 24.2. The van der Waals surface area contributed by atoms with E-state index in [2.05, 4.69) is 34.2 Å². The molecule has 0 unspecified atom stereocenters. The third-order valence-corrected chi connectivity index (χ3v) is 5.27. The Kier molecular flexibility index (Phi) is 6.62. The second kappa shape index (κ2) is 9.78. The Morgan fingerprint density at radius 3 is 2.74 bits per heavy atom. The minimum Gasteiger partial charge on any atom is -0.493 e. The second-order valence-corrected chi connectivity index (χ2v) is 8.36. The quantitative estimate of drug-likeness (QED) is 0.412. The fourth-order valence-corrected chi connectivity index (χ4v) is 3.58. The molecule has 3 heterocycles. The molecule has 9 nitrogen and oxygen atoms in total. The summed E-state index contributed by atoms with van der Waals surface area (Å²) in [4.78, 5) is 21.9. The summed E-state index contributed by atoms with van der Waals surface area (Å²) in [5.74, 6) is 1.32. The van der Waals surface area contributed by atoms with Crippen molar-refractivity contribution in [2.45, 2.75) is 27.3 Å². The third kappa shape index (κ3) is 4.93. The average molecular weight is 461 g/mol. The summed E-state index contributed by atoms with van der Waals surface area (Å²) in [5.41, 5.74) is 9.89. The summed E-state index contributed by atoms with van der Waals surface area (Å²) >= 11 is 0. The molecule has 0 atom stereocenters. The third-order valence-electron chi connectivity index (χ3n) is 5.27. The van der Waals surface area contributed by atoms with Crippen molar-refractivity contribution < 1.29 is 14.3 Å². The van der Waals surface area contributed by atoms with Gasteiger partial charge in [-0.15, -0.1) is 5.10 Å². The molecule has 0 aliphatic carbocycles. The molecule has 1 aromatic carbocycles. The molecule has 1 amide bonds. The van der Waals surface area contributed by atoms with Crippen LogP contribution in [0.2, 0.25) is 0 Å². The molecule has 0 saturated heterocycles. The number of nitrogen functional groups attached to an aromatic ring is 1. The van der Waals surface area contributed by atoms with E-state index in [9.17, 15) is 4.79 Å². The molecule has 34 heavy (non-hydrogen) atoms. The van der Waals surface area contributed by atoms with Gasteiger partial charge in [0.1, 0.15) is 11.3 Å². The fraction of sp³-hybridized carbons (Fsp3) is 0.280. The summed E-state index contributed by atoms with van der Waals surface area (Å²) in [7, 11) is 1.50. The van der Waals surface area contributed by atoms with Crippen molar-refractivity contribution in [3.63, 3.8) is 0 Å². The number of carbonyl (C=O) groups excluding carboxylic acids is 1. The molecule has 0 bridgehead atoms. The highest BCUT2D eigenvalue weighted by molar-refractivity contribution is 5.97. The number of ether oxygens (including phenoxy) is 2. The molecule has 0 aliphatic rings. The topological polar surface area (TPSA) is 117 Å². The number of rotatable bonds is 8. The van der Waals surface area contributed by atoms with Crippen molar-refractivity contribution in [1.29, 1.82) is 0 Å². The van der Waals surface area contributed by atoms with E-state index in [0.29, 0.717) is 30.3 Å². The Morgan fingerprint density at radius 1 is 1.18 bits per heavy atom. The number of pyridine rings is 2. The van der Waals surface area contributed by atoms with Crippen LogP contribution in [0.15, 0.2) is 48.7 Å². The number of nitrogens with zero attached hydrogens (tertiary/aromatic N) is 4. The normalized spacial score (nSPS) is 11.1. The number of benzene rings is 1. The maximum Gasteiger partial charge on any atom is 0.257 e. The van der Waals surface area contributed by atoms with Crippen LogP contribution in [0.4, 0.5) is 5.95 Å². The van der Waals surface area contributed by atoms with Crippen LogP contribution in [-0.2, 0) is 6.54 Å². The number of aromatic nitrogens is 4. The van der Waals surface area contributed by atoms with Crippen LogP contribution in [0.5, 0.6) is 11.6 Å². The van der Waals surface area contributed by atoms with Gasteiger partial charge in [-0.3, -0.25) is 4.79 Å². The zero-order valence-corrected chi connectivity index (χ0v) is 19.7. The molecule has 4 aromatic rings. The first-order valence-electron chi connectivity index (χ1n) is 11.0. The van der Waals surface area contributed by atoms with E-state index in [1.165, 1.54) is 7.11 Å². The molecule has 0 fully saturated rings. The van der Waals surface area contributed by atoms with Crippen molar-refractivity contribution >= 4 is 17.5 Å². The van der Waals surface area contributed by atoms with E-state index in [0.717, 1.165) is 28.1 Å². The Labute approximate surface area is 197 Å². The number of methoxy groups -OCH3 is 1. The Morgan fingerprint density at radius 2 is 1.97 bits per heavy atom. The lowest BCUT2D eigenvalue weighted by atomic mass is 10.0. The predicted molar refractivity (Wildman–Crippen MR) is 130 cm³/mol. The van der Waals surface area contributed by atoms with Gasteiger partial charge < -0.3 is 20.5 Å². The van der Waals surface area contributed by atoms with Crippen molar-refractivity contribution in [2.24, 2.45) is 5.92 Å². The first-order valence-corrected chi connectivity index (χ1v) is 11.0. The molecular weight excluding hydrogens is 432 g/mol. The van der Waals surface area contributed by atoms with Crippen LogP contribution in [0.3, 0.4) is 0 Å². The van der Waals surface area contributed by atoms with Crippen molar-refractivity contribution in [2.75, 3.05) is 19.5 Å². The van der Waals surface area contributed by atoms with Gasteiger partial charge in [0.15, 0.2) is 5.65 Å². The summed E-state index contributed by atoms with van der Waals surface area (Å²) in [5, 5.41) is 7.07. The first-order chi connectivity index (χ1) is 16.4. The lowest BCUT2D eigenvalue weighted by molar-refractivity contribution is 0.0946. The smallest absolute Gasteiger partial charge is 0.257 e. The zero-order valence-electron chi connectivity index (χ0n) is 19.7. The van der Waals surface area contributed by atoms with Gasteiger partial charge in [0.2, 0.25) is 11.8 Å². The summed E-state index contributed by atoms with van der Waals surface area (Å²) in [6, 6.07) is 13.2. The number of carbonyl (C=O) groups is 1. The fourth-order valence-electron chi connectivity index (χ4n) is 3.58. The van der Waals surface area contributed by atoms with Gasteiger partial charge in [-0.1, -0.05) is 32.0 Å². The predicted octanol–water partition coefficient (Wildman–Crippen LogP) is 3.66. The standard InChI is InChI=1S/C25H28N6O3/c1-15(2)14-34-21-8-6-5-7-18(21)13-27-23(32)20-12-19(16(3)28-24(20)33-4)17-9-10-31-22(11-17)29-25(26)30-31/h5-12,15H,13-14H2,1-4H3,(H2,26,30)(H,27,32). The maximum absolute atomic E-state index is 13.2. The highest BCUT2D eigenvalue weighted by atomic mass is 16.5. The van der Waals surface area contributed by atoms with Crippen molar-refractivity contribution in [3.05, 3.63) is 65.5 Å². The summed E-state index contributed by atoms with van der Waals surface area (Å²) in [6.45, 7) is 6.96. The van der Waals surface area contributed by atoms with Crippen LogP contribution in [0.25, 0.3) is 16.8 Å². The Bertz CT molecular complexity index is 1330. The van der Waals surface area contributed by atoms with Gasteiger partial charge >= 0.3 is 0 Å². The molecular formula is C25H28N6O3. The molecule has 4 rings (SSSR count). The summed E-state index contributed by atoms with van der Waals surface area (Å²) < 4.78 is 12.9. The molecule has 0 aliphatic heterocycles. The number of hydrogen-bond acceptors (Lipinski definition) is 7. The molecule has 9 heteroatoms.